The molecule has 1 amide bonds. The number of piperazine rings is 1. The van der Waals surface area contributed by atoms with Gasteiger partial charge in [0.25, 0.3) is 5.91 Å². The minimum absolute atomic E-state index is 0.113. The molecule has 1 heterocycles. The molecule has 0 atom stereocenters. The molecule has 32 heavy (non-hydrogen) atoms. The van der Waals surface area contributed by atoms with Crippen LogP contribution in [0.5, 0.6) is 0 Å². The fourth-order valence-electron chi connectivity index (χ4n) is 3.32. The van der Waals surface area contributed by atoms with E-state index in [1.807, 2.05) is 0 Å². The summed E-state index contributed by atoms with van der Waals surface area (Å²) in [6.45, 7) is 0.167. The number of rotatable bonds is 5. The molecule has 0 unspecified atom stereocenters. The molecule has 0 aromatic heterocycles. The Labute approximate surface area is 183 Å². The largest absolute Gasteiger partial charge is 0.452 e. The predicted octanol–water partition coefficient (Wildman–Crippen LogP) is 2.63. The summed E-state index contributed by atoms with van der Waals surface area (Å²) in [5.41, 5.74) is 0.0824. The molecule has 2 aromatic rings. The molecule has 7 nitrogen and oxygen atoms in total. The number of carbonyl (C=O) groups excluding carboxylic acids is 2. The van der Waals surface area contributed by atoms with Gasteiger partial charge >= 0.3 is 12.1 Å². The van der Waals surface area contributed by atoms with Gasteiger partial charge in [-0.1, -0.05) is 30.3 Å². The van der Waals surface area contributed by atoms with Crippen LogP contribution in [0.25, 0.3) is 11.1 Å². The van der Waals surface area contributed by atoms with Gasteiger partial charge in [0, 0.05) is 26.2 Å². The molecule has 1 aliphatic heterocycles. The van der Waals surface area contributed by atoms with Crippen molar-refractivity contribution in [3.63, 3.8) is 0 Å². The highest BCUT2D eigenvalue weighted by atomic mass is 32.2. The third kappa shape index (κ3) is 5.65. The standard InChI is InChI=1S/C21H21F3N2O5S/c1-32(29,30)26-12-10-25(11-13-26)19(27)14-31-20(28)18-5-3-2-4-17(18)15-6-8-16(9-7-15)21(22,23)24/h2-9H,10-14H2,1H3. The first-order valence-electron chi connectivity index (χ1n) is 9.63. The summed E-state index contributed by atoms with van der Waals surface area (Å²) in [6, 6.07) is 10.6. The lowest BCUT2D eigenvalue weighted by Gasteiger charge is -2.33. The van der Waals surface area contributed by atoms with Crippen molar-refractivity contribution in [1.29, 1.82) is 0 Å². The van der Waals surface area contributed by atoms with Crippen molar-refractivity contribution in [2.45, 2.75) is 6.18 Å². The molecule has 172 valence electrons. The molecule has 11 heteroatoms. The Hall–Kier alpha value is -2.92. The molecule has 1 fully saturated rings. The number of esters is 1. The molecule has 1 aliphatic rings. The third-order valence-electron chi connectivity index (χ3n) is 5.06. The van der Waals surface area contributed by atoms with Crippen LogP contribution in [0, 0.1) is 0 Å². The van der Waals surface area contributed by atoms with Gasteiger partial charge in [0.05, 0.1) is 17.4 Å². The number of nitrogens with zero attached hydrogens (tertiary/aromatic N) is 2. The van der Waals surface area contributed by atoms with E-state index in [2.05, 4.69) is 0 Å². The summed E-state index contributed by atoms with van der Waals surface area (Å²) in [4.78, 5) is 26.3. The van der Waals surface area contributed by atoms with Crippen LogP contribution in [0.1, 0.15) is 15.9 Å². The molecular formula is C21H21F3N2O5S. The Kier molecular flexibility index (Phi) is 6.89. The van der Waals surface area contributed by atoms with Gasteiger partial charge in [-0.05, 0) is 29.3 Å². The summed E-state index contributed by atoms with van der Waals surface area (Å²) < 4.78 is 67.9. The second kappa shape index (κ2) is 9.29. The highest BCUT2D eigenvalue weighted by Crippen LogP contribution is 2.32. The van der Waals surface area contributed by atoms with Crippen LogP contribution in [0.15, 0.2) is 48.5 Å². The number of halogens is 3. The van der Waals surface area contributed by atoms with Crippen molar-refractivity contribution in [3.8, 4) is 11.1 Å². The molecule has 0 bridgehead atoms. The smallest absolute Gasteiger partial charge is 0.416 e. The number of alkyl halides is 3. The van der Waals surface area contributed by atoms with Gasteiger partial charge in [-0.15, -0.1) is 0 Å². The van der Waals surface area contributed by atoms with E-state index >= 15 is 0 Å². The Balaban J connectivity index is 1.65. The minimum Gasteiger partial charge on any atom is -0.452 e. The van der Waals surface area contributed by atoms with Gasteiger partial charge in [0.15, 0.2) is 6.61 Å². The number of sulfonamides is 1. The first kappa shape index (κ1) is 23.7. The van der Waals surface area contributed by atoms with Gasteiger partial charge in [-0.2, -0.15) is 17.5 Å². The maximum atomic E-state index is 12.8. The van der Waals surface area contributed by atoms with E-state index in [0.29, 0.717) is 11.1 Å². The normalized spacial score (nSPS) is 15.4. The Morgan fingerprint density at radius 1 is 0.969 bits per heavy atom. The highest BCUT2D eigenvalue weighted by Gasteiger charge is 2.30. The summed E-state index contributed by atoms with van der Waals surface area (Å²) in [5.74, 6) is -1.25. The second-order valence-corrected chi connectivity index (χ2v) is 9.22. The van der Waals surface area contributed by atoms with E-state index in [-0.39, 0.29) is 31.7 Å². The summed E-state index contributed by atoms with van der Waals surface area (Å²) in [7, 11) is -3.33. The summed E-state index contributed by atoms with van der Waals surface area (Å²) in [6.07, 6.45) is -3.37. The maximum Gasteiger partial charge on any atom is 0.416 e. The van der Waals surface area contributed by atoms with Gasteiger partial charge in [-0.25, -0.2) is 13.2 Å². The van der Waals surface area contributed by atoms with Crippen molar-refractivity contribution in [3.05, 3.63) is 59.7 Å². The van der Waals surface area contributed by atoms with E-state index in [0.717, 1.165) is 18.4 Å². The Morgan fingerprint density at radius 3 is 2.12 bits per heavy atom. The lowest BCUT2D eigenvalue weighted by atomic mass is 9.98. The zero-order chi connectivity index (χ0) is 23.5. The zero-order valence-corrected chi connectivity index (χ0v) is 17.9. The number of amides is 1. The van der Waals surface area contributed by atoms with Crippen molar-refractivity contribution >= 4 is 21.9 Å². The molecule has 0 spiro atoms. The van der Waals surface area contributed by atoms with Crippen LogP contribution in [0.4, 0.5) is 13.2 Å². The van der Waals surface area contributed by atoms with Crippen LogP contribution in [-0.4, -0.2) is 68.5 Å². The van der Waals surface area contributed by atoms with Crippen LogP contribution in [0.2, 0.25) is 0 Å². The average Bonchev–Trinajstić information content (AvgIpc) is 2.76. The van der Waals surface area contributed by atoms with E-state index < -0.39 is 40.2 Å². The quantitative estimate of drug-likeness (QED) is 0.628. The fourth-order valence-corrected chi connectivity index (χ4v) is 4.14. The number of hydrogen-bond acceptors (Lipinski definition) is 5. The third-order valence-corrected chi connectivity index (χ3v) is 6.36. The van der Waals surface area contributed by atoms with Crippen LogP contribution < -0.4 is 0 Å². The summed E-state index contributed by atoms with van der Waals surface area (Å²) >= 11 is 0. The lowest BCUT2D eigenvalue weighted by Crippen LogP contribution is -2.51. The Morgan fingerprint density at radius 2 is 1.56 bits per heavy atom. The minimum atomic E-state index is -4.47. The molecule has 1 saturated heterocycles. The van der Waals surface area contributed by atoms with Gasteiger partial charge in [-0.3, -0.25) is 4.79 Å². The topological polar surface area (TPSA) is 84.0 Å². The number of hydrogen-bond donors (Lipinski definition) is 0. The zero-order valence-electron chi connectivity index (χ0n) is 17.1. The molecule has 2 aromatic carbocycles. The highest BCUT2D eigenvalue weighted by molar-refractivity contribution is 7.88. The SMILES string of the molecule is CS(=O)(=O)N1CCN(C(=O)COC(=O)c2ccccc2-c2ccc(C(F)(F)F)cc2)CC1. The van der Waals surface area contributed by atoms with Crippen molar-refractivity contribution in [1.82, 2.24) is 9.21 Å². The van der Waals surface area contributed by atoms with Crippen LogP contribution in [-0.2, 0) is 25.7 Å². The van der Waals surface area contributed by atoms with Gasteiger partial charge in [0.2, 0.25) is 10.0 Å². The molecular weight excluding hydrogens is 449 g/mol. The first-order valence-corrected chi connectivity index (χ1v) is 11.5. The summed E-state index contributed by atoms with van der Waals surface area (Å²) in [5, 5.41) is 0. The molecule has 0 saturated carbocycles. The van der Waals surface area contributed by atoms with E-state index in [1.54, 1.807) is 18.2 Å². The Bertz CT molecular complexity index is 1090. The fraction of sp³-hybridized carbons (Fsp3) is 0.333. The molecule has 3 rings (SSSR count). The number of ether oxygens (including phenoxy) is 1. The predicted molar refractivity (Wildman–Crippen MR) is 110 cm³/mol. The van der Waals surface area contributed by atoms with Crippen molar-refractivity contribution in [2.24, 2.45) is 0 Å². The maximum absolute atomic E-state index is 12.8. The first-order chi connectivity index (χ1) is 15.0. The van der Waals surface area contributed by atoms with E-state index in [1.165, 1.54) is 27.4 Å². The van der Waals surface area contributed by atoms with E-state index in [4.69, 9.17) is 4.74 Å². The molecule has 0 N–H and O–H groups in total. The molecule has 0 aliphatic carbocycles. The van der Waals surface area contributed by atoms with E-state index in [9.17, 15) is 31.2 Å². The van der Waals surface area contributed by atoms with Crippen molar-refractivity contribution in [2.75, 3.05) is 39.0 Å². The average molecular weight is 470 g/mol. The molecule has 0 radical (unpaired) electrons. The van der Waals surface area contributed by atoms with Gasteiger partial charge in [0.1, 0.15) is 0 Å². The van der Waals surface area contributed by atoms with Crippen molar-refractivity contribution < 1.29 is 35.9 Å². The second-order valence-electron chi connectivity index (χ2n) is 7.24. The number of carbonyl (C=O) groups is 2. The monoisotopic (exact) mass is 470 g/mol. The lowest BCUT2D eigenvalue weighted by molar-refractivity contribution is -0.137. The van der Waals surface area contributed by atoms with Crippen LogP contribution in [0.3, 0.4) is 0 Å². The number of benzene rings is 2. The van der Waals surface area contributed by atoms with Crippen LogP contribution >= 0.6 is 0 Å². The van der Waals surface area contributed by atoms with Gasteiger partial charge < -0.3 is 9.64 Å².